The number of nitro benzene ring substituents is 1. The average molecular weight is 421 g/mol. The van der Waals surface area contributed by atoms with E-state index in [9.17, 15) is 19.7 Å². The monoisotopic (exact) mass is 421 g/mol. The number of carbonyl (C=O) groups excluding carboxylic acids is 1. The van der Waals surface area contributed by atoms with Crippen molar-refractivity contribution < 1.29 is 23.6 Å². The van der Waals surface area contributed by atoms with Gasteiger partial charge in [-0.25, -0.2) is 9.59 Å². The molecule has 0 bridgehead atoms. The van der Waals surface area contributed by atoms with Crippen molar-refractivity contribution in [3.63, 3.8) is 0 Å². The van der Waals surface area contributed by atoms with Crippen LogP contribution in [0.2, 0.25) is 0 Å². The van der Waals surface area contributed by atoms with E-state index < -0.39 is 28.2 Å². The van der Waals surface area contributed by atoms with Crippen molar-refractivity contribution in [2.75, 3.05) is 0 Å². The van der Waals surface area contributed by atoms with Gasteiger partial charge in [-0.2, -0.15) is 0 Å². The lowest BCUT2D eigenvalue weighted by Gasteiger charge is -2.39. The van der Waals surface area contributed by atoms with Crippen LogP contribution in [0.5, 0.6) is 5.75 Å². The summed E-state index contributed by atoms with van der Waals surface area (Å²) >= 11 is 0. The highest BCUT2D eigenvalue weighted by atomic mass is 16.6. The lowest BCUT2D eigenvalue weighted by Crippen LogP contribution is -2.48. The first-order valence-corrected chi connectivity index (χ1v) is 9.60. The Hall–Kier alpha value is -3.94. The van der Waals surface area contributed by atoms with Gasteiger partial charge in [0, 0.05) is 42.1 Å². The summed E-state index contributed by atoms with van der Waals surface area (Å²) in [5.74, 6) is 0.0378. The molecule has 2 heterocycles. The van der Waals surface area contributed by atoms with E-state index >= 15 is 0 Å². The van der Waals surface area contributed by atoms with E-state index in [0.29, 0.717) is 23.3 Å². The Labute approximate surface area is 176 Å². The van der Waals surface area contributed by atoms with Gasteiger partial charge in [-0.1, -0.05) is 0 Å². The molecule has 8 nitrogen and oxygen atoms in total. The summed E-state index contributed by atoms with van der Waals surface area (Å²) < 4.78 is 16.9. The second kappa shape index (κ2) is 7.71. The van der Waals surface area contributed by atoms with E-state index in [-0.39, 0.29) is 5.69 Å². The molecule has 0 N–H and O–H groups in total. The van der Waals surface area contributed by atoms with Gasteiger partial charge in [-0.15, -0.1) is 0 Å². The van der Waals surface area contributed by atoms with Gasteiger partial charge in [0.2, 0.25) is 0 Å². The quantitative estimate of drug-likeness (QED) is 0.206. The maximum atomic E-state index is 12.4. The highest BCUT2D eigenvalue weighted by molar-refractivity contribution is 5.87. The van der Waals surface area contributed by atoms with Crippen LogP contribution in [0.4, 0.5) is 5.69 Å². The van der Waals surface area contributed by atoms with Gasteiger partial charge in [0.15, 0.2) is 0 Å². The number of hydrogen-bond acceptors (Lipinski definition) is 7. The van der Waals surface area contributed by atoms with Gasteiger partial charge in [0.25, 0.3) is 5.69 Å². The lowest BCUT2D eigenvalue weighted by molar-refractivity contribution is -0.384. The average Bonchev–Trinajstić information content (AvgIpc) is 2.71. The molecule has 0 fully saturated rings. The fraction of sp³-hybridized carbons (Fsp3) is 0.217. The second-order valence-electron chi connectivity index (χ2n) is 7.77. The summed E-state index contributed by atoms with van der Waals surface area (Å²) in [6.07, 6.45) is 2.71. The van der Waals surface area contributed by atoms with Crippen LogP contribution in [0.3, 0.4) is 0 Å². The number of esters is 1. The van der Waals surface area contributed by atoms with E-state index in [1.54, 1.807) is 24.3 Å². The summed E-state index contributed by atoms with van der Waals surface area (Å²) in [5, 5.41) is 11.5. The van der Waals surface area contributed by atoms with Crippen molar-refractivity contribution >= 4 is 28.7 Å². The summed E-state index contributed by atoms with van der Waals surface area (Å²) in [6, 6.07) is 12.4. The van der Waals surface area contributed by atoms with Crippen molar-refractivity contribution in [3.8, 4) is 5.75 Å². The smallest absolute Gasteiger partial charge is 0.336 e. The molecule has 0 radical (unpaired) electrons. The number of non-ortho nitro benzene ring substituents is 1. The predicted octanol–water partition coefficient (Wildman–Crippen LogP) is 4.04. The fourth-order valence-corrected chi connectivity index (χ4v) is 3.43. The maximum Gasteiger partial charge on any atom is 0.336 e. The molecule has 0 saturated heterocycles. The summed E-state index contributed by atoms with van der Waals surface area (Å²) in [4.78, 5) is 34.1. The van der Waals surface area contributed by atoms with E-state index in [2.05, 4.69) is 0 Å². The topological polar surface area (TPSA) is 109 Å². The summed E-state index contributed by atoms with van der Waals surface area (Å²) in [6.45, 7) is 3.64. The maximum absolute atomic E-state index is 12.4. The zero-order valence-electron chi connectivity index (χ0n) is 16.9. The third-order valence-electron chi connectivity index (χ3n) is 5.13. The number of benzene rings is 2. The van der Waals surface area contributed by atoms with E-state index in [1.165, 1.54) is 30.4 Å². The van der Waals surface area contributed by atoms with Crippen LogP contribution < -0.4 is 10.4 Å². The number of fused-ring (bicyclic) bond motifs is 2. The molecule has 1 unspecified atom stereocenters. The molecular formula is C23H19NO7. The molecule has 1 atom stereocenters. The van der Waals surface area contributed by atoms with Gasteiger partial charge in [-0.3, -0.25) is 10.1 Å². The Morgan fingerprint density at radius 1 is 1.19 bits per heavy atom. The number of rotatable bonds is 4. The first kappa shape index (κ1) is 20.3. The minimum Gasteiger partial charge on any atom is -0.484 e. The molecule has 1 aliphatic heterocycles. The number of nitro groups is 1. The van der Waals surface area contributed by atoms with Crippen molar-refractivity contribution in [2.45, 2.75) is 32.0 Å². The minimum atomic E-state index is -0.799. The van der Waals surface area contributed by atoms with Gasteiger partial charge < -0.3 is 13.9 Å². The first-order valence-electron chi connectivity index (χ1n) is 9.60. The van der Waals surface area contributed by atoms with Gasteiger partial charge in [0.05, 0.1) is 4.92 Å². The van der Waals surface area contributed by atoms with Crippen LogP contribution >= 0.6 is 0 Å². The summed E-state index contributed by atoms with van der Waals surface area (Å²) in [7, 11) is 0. The summed E-state index contributed by atoms with van der Waals surface area (Å²) in [5.41, 5.74) is 0.661. The van der Waals surface area contributed by atoms with Crippen LogP contribution in [-0.2, 0) is 16.0 Å². The van der Waals surface area contributed by atoms with Crippen molar-refractivity contribution in [2.24, 2.45) is 0 Å². The second-order valence-corrected chi connectivity index (χ2v) is 7.77. The van der Waals surface area contributed by atoms with Gasteiger partial charge in [0.1, 0.15) is 23.0 Å². The Kier molecular flexibility index (Phi) is 5.06. The zero-order chi connectivity index (χ0) is 22.2. The lowest BCUT2D eigenvalue weighted by atomic mass is 9.90. The largest absolute Gasteiger partial charge is 0.484 e. The molecule has 2 aromatic carbocycles. The van der Waals surface area contributed by atoms with Gasteiger partial charge >= 0.3 is 11.6 Å². The SMILES string of the molecule is CC1(C)Oc2cc3oc(=O)ccc3cc2CC1OC(=O)C=Cc1ccc([N+](=O)[O-])cc1. The first-order chi connectivity index (χ1) is 14.7. The fourth-order valence-electron chi connectivity index (χ4n) is 3.43. The number of carbonyl (C=O) groups is 1. The molecule has 31 heavy (non-hydrogen) atoms. The molecule has 0 amide bonds. The molecule has 3 aromatic rings. The van der Waals surface area contributed by atoms with Crippen LogP contribution in [0, 0.1) is 10.1 Å². The van der Waals surface area contributed by atoms with Crippen molar-refractivity contribution in [3.05, 3.63) is 86.3 Å². The Morgan fingerprint density at radius 3 is 2.65 bits per heavy atom. The van der Waals surface area contributed by atoms with E-state index in [0.717, 1.165) is 10.9 Å². The molecule has 1 aromatic heterocycles. The molecule has 1 aliphatic rings. The molecule has 158 valence electrons. The Balaban J connectivity index is 1.50. The van der Waals surface area contributed by atoms with Crippen molar-refractivity contribution in [1.29, 1.82) is 0 Å². The van der Waals surface area contributed by atoms with Crippen LogP contribution in [0.15, 0.2) is 63.8 Å². The Morgan fingerprint density at radius 2 is 1.94 bits per heavy atom. The van der Waals surface area contributed by atoms with Gasteiger partial charge in [-0.05, 0) is 55.3 Å². The van der Waals surface area contributed by atoms with Crippen LogP contribution in [0.1, 0.15) is 25.0 Å². The van der Waals surface area contributed by atoms with Crippen molar-refractivity contribution in [1.82, 2.24) is 0 Å². The Bertz CT molecular complexity index is 1260. The van der Waals surface area contributed by atoms with Crippen LogP contribution in [0.25, 0.3) is 17.0 Å². The number of nitrogens with zero attached hydrogens (tertiary/aromatic N) is 1. The standard InChI is InChI=1S/C23H19NO7/c1-23(2)20(30-22(26)9-5-14-3-7-17(8-4-14)24(27)28)12-16-11-15-6-10-21(25)29-18(15)13-19(16)31-23/h3-11,13,20H,12H2,1-2H3. The molecular weight excluding hydrogens is 402 g/mol. The molecule has 0 spiro atoms. The van der Waals surface area contributed by atoms with E-state index in [1.807, 2.05) is 19.9 Å². The third kappa shape index (κ3) is 4.32. The number of ether oxygens (including phenoxy) is 2. The molecule has 4 rings (SSSR count). The minimum absolute atomic E-state index is 0.0219. The normalized spacial score (nSPS) is 17.2. The number of hydrogen-bond donors (Lipinski definition) is 0. The molecule has 0 aliphatic carbocycles. The van der Waals surface area contributed by atoms with Crippen LogP contribution in [-0.4, -0.2) is 22.6 Å². The third-order valence-corrected chi connectivity index (χ3v) is 5.13. The molecule has 8 heteroatoms. The zero-order valence-corrected chi connectivity index (χ0v) is 16.9. The highest BCUT2D eigenvalue weighted by Gasteiger charge is 2.39. The predicted molar refractivity (Wildman–Crippen MR) is 113 cm³/mol. The van der Waals surface area contributed by atoms with E-state index in [4.69, 9.17) is 13.9 Å². The highest BCUT2D eigenvalue weighted by Crippen LogP contribution is 2.37. The molecule has 0 saturated carbocycles.